The highest BCUT2D eigenvalue weighted by atomic mass is 16.3. The molecule has 2 nitrogen and oxygen atoms in total. The highest BCUT2D eigenvalue weighted by Crippen LogP contribution is 2.29. The summed E-state index contributed by atoms with van der Waals surface area (Å²) in [5.41, 5.74) is 2.56. The van der Waals surface area contributed by atoms with E-state index in [2.05, 4.69) is 6.92 Å². The van der Waals surface area contributed by atoms with Gasteiger partial charge in [-0.2, -0.15) is 0 Å². The first-order chi connectivity index (χ1) is 14.0. The minimum Gasteiger partial charge on any atom is -0.508 e. The number of ketones is 1. The second-order valence-electron chi connectivity index (χ2n) is 9.15. The first-order valence-electron chi connectivity index (χ1n) is 12.3. The Labute approximate surface area is 180 Å². The van der Waals surface area contributed by atoms with E-state index >= 15 is 0 Å². The van der Waals surface area contributed by atoms with Crippen LogP contribution in [0.25, 0.3) is 0 Å². The van der Waals surface area contributed by atoms with Crippen molar-refractivity contribution in [3.05, 3.63) is 28.8 Å². The number of hydrogen-bond acceptors (Lipinski definition) is 2. The fraction of sp³-hybridized carbons (Fsp3) is 0.741. The van der Waals surface area contributed by atoms with Gasteiger partial charge in [0.25, 0.3) is 0 Å². The molecule has 0 aliphatic heterocycles. The lowest BCUT2D eigenvalue weighted by Crippen LogP contribution is -2.04. The van der Waals surface area contributed by atoms with Gasteiger partial charge in [-0.05, 0) is 42.5 Å². The van der Waals surface area contributed by atoms with Crippen molar-refractivity contribution in [2.45, 2.75) is 130 Å². The maximum absolute atomic E-state index is 12.6. The molecule has 0 aliphatic rings. The Hall–Kier alpha value is -1.31. The summed E-state index contributed by atoms with van der Waals surface area (Å²) in [5.74, 6) is 0.761. The first-order valence-corrected chi connectivity index (χ1v) is 12.3. The highest BCUT2D eigenvalue weighted by molar-refractivity contribution is 5.97. The molecule has 1 aromatic rings. The molecule has 0 atom stereocenters. The molecule has 29 heavy (non-hydrogen) atoms. The van der Waals surface area contributed by atoms with Gasteiger partial charge in [-0.15, -0.1) is 0 Å². The van der Waals surface area contributed by atoms with E-state index in [1.165, 1.54) is 77.0 Å². The van der Waals surface area contributed by atoms with Crippen LogP contribution in [0.15, 0.2) is 12.1 Å². The summed E-state index contributed by atoms with van der Waals surface area (Å²) in [5, 5.41) is 10.1. The minimum absolute atomic E-state index is 0.225. The summed E-state index contributed by atoms with van der Waals surface area (Å²) in [7, 11) is 0. The highest BCUT2D eigenvalue weighted by Gasteiger charge is 2.14. The molecule has 0 fully saturated rings. The van der Waals surface area contributed by atoms with Gasteiger partial charge >= 0.3 is 0 Å². The molecule has 1 aromatic carbocycles. The van der Waals surface area contributed by atoms with Gasteiger partial charge in [0.2, 0.25) is 0 Å². The van der Waals surface area contributed by atoms with Crippen LogP contribution in [0, 0.1) is 6.92 Å². The lowest BCUT2D eigenvalue weighted by atomic mass is 9.93. The van der Waals surface area contributed by atoms with E-state index in [-0.39, 0.29) is 11.7 Å². The number of phenolic OH excluding ortho intramolecular Hbond substituents is 1. The molecule has 166 valence electrons. The Balaban J connectivity index is 2.08. The normalized spacial score (nSPS) is 11.3. The lowest BCUT2D eigenvalue weighted by Gasteiger charge is -2.13. The zero-order valence-corrected chi connectivity index (χ0v) is 19.7. The molecule has 0 spiro atoms. The molecule has 0 aromatic heterocycles. The third-order valence-electron chi connectivity index (χ3n) is 6.05. The largest absolute Gasteiger partial charge is 0.508 e. The fourth-order valence-electron chi connectivity index (χ4n) is 4.09. The van der Waals surface area contributed by atoms with Gasteiger partial charge in [-0.1, -0.05) is 104 Å². The van der Waals surface area contributed by atoms with E-state index < -0.39 is 0 Å². The van der Waals surface area contributed by atoms with Crippen LogP contribution in [0.2, 0.25) is 0 Å². The molecule has 0 unspecified atom stereocenters. The monoisotopic (exact) mass is 402 g/mol. The number of benzene rings is 1. The van der Waals surface area contributed by atoms with Crippen molar-refractivity contribution in [2.24, 2.45) is 0 Å². The smallest absolute Gasteiger partial charge is 0.163 e. The summed E-state index contributed by atoms with van der Waals surface area (Å²) in [4.78, 5) is 12.6. The number of carbonyl (C=O) groups excluding carboxylic acids is 1. The van der Waals surface area contributed by atoms with Crippen molar-refractivity contribution in [1.29, 1.82) is 0 Å². The fourth-order valence-corrected chi connectivity index (χ4v) is 4.09. The van der Waals surface area contributed by atoms with Gasteiger partial charge in [0.05, 0.1) is 0 Å². The van der Waals surface area contributed by atoms with Crippen molar-refractivity contribution < 1.29 is 9.90 Å². The molecule has 0 heterocycles. The Morgan fingerprint density at radius 3 is 1.69 bits per heavy atom. The van der Waals surface area contributed by atoms with Crippen LogP contribution in [0.4, 0.5) is 0 Å². The third kappa shape index (κ3) is 10.9. The molecule has 0 bridgehead atoms. The van der Waals surface area contributed by atoms with Crippen LogP contribution in [0.3, 0.4) is 0 Å². The zero-order valence-electron chi connectivity index (χ0n) is 19.7. The molecular weight excluding hydrogens is 356 g/mol. The predicted molar refractivity (Wildman–Crippen MR) is 126 cm³/mol. The van der Waals surface area contributed by atoms with Gasteiger partial charge in [-0.25, -0.2) is 0 Å². The minimum atomic E-state index is 0.225. The van der Waals surface area contributed by atoms with Crippen molar-refractivity contribution >= 4 is 5.78 Å². The number of aromatic hydroxyl groups is 1. The Morgan fingerprint density at radius 1 is 0.793 bits per heavy atom. The summed E-state index contributed by atoms with van der Waals surface area (Å²) >= 11 is 0. The molecule has 0 aliphatic carbocycles. The van der Waals surface area contributed by atoms with Gasteiger partial charge in [0.1, 0.15) is 5.75 Å². The maximum atomic E-state index is 12.6. The Kier molecular flexibility index (Phi) is 13.8. The van der Waals surface area contributed by atoms with E-state index in [0.717, 1.165) is 29.5 Å². The second-order valence-corrected chi connectivity index (χ2v) is 9.15. The van der Waals surface area contributed by atoms with Crippen molar-refractivity contribution in [2.75, 3.05) is 0 Å². The van der Waals surface area contributed by atoms with E-state index in [1.54, 1.807) is 6.07 Å². The number of rotatable bonds is 17. The van der Waals surface area contributed by atoms with Crippen LogP contribution in [-0.2, 0) is 0 Å². The average Bonchev–Trinajstić information content (AvgIpc) is 2.67. The Morgan fingerprint density at radius 2 is 1.24 bits per heavy atom. The summed E-state index contributed by atoms with van der Waals surface area (Å²) in [6.07, 6.45) is 19.3. The predicted octanol–water partition coefficient (Wildman–Crippen LogP) is 8.88. The molecular formula is C27H46O2. The summed E-state index contributed by atoms with van der Waals surface area (Å²) in [6, 6.07) is 3.65. The molecule has 1 N–H and O–H groups in total. The molecule has 0 saturated heterocycles. The second kappa shape index (κ2) is 15.5. The third-order valence-corrected chi connectivity index (χ3v) is 6.05. The standard InChI is InChI=1S/C27H46O2/c1-5-6-7-8-9-10-11-12-13-14-15-16-17-18-19-26(28)25-21-24(22(2)3)27(29)20-23(25)4/h20-22,29H,5-19H2,1-4H3. The number of Topliss-reactive ketones (excluding diaryl/α,β-unsaturated/α-hetero) is 1. The Bertz CT molecular complexity index is 574. The van der Waals surface area contributed by atoms with E-state index in [4.69, 9.17) is 0 Å². The summed E-state index contributed by atoms with van der Waals surface area (Å²) < 4.78 is 0. The van der Waals surface area contributed by atoms with E-state index in [9.17, 15) is 9.90 Å². The molecule has 2 heteroatoms. The first kappa shape index (κ1) is 25.7. The SMILES string of the molecule is CCCCCCCCCCCCCCCCC(=O)c1cc(C(C)C)c(O)cc1C. The number of aryl methyl sites for hydroxylation is 1. The molecule has 0 amide bonds. The molecule has 0 saturated carbocycles. The van der Waals surface area contributed by atoms with Gasteiger partial charge in [-0.3, -0.25) is 4.79 Å². The van der Waals surface area contributed by atoms with Gasteiger partial charge < -0.3 is 5.11 Å². The maximum Gasteiger partial charge on any atom is 0.163 e. The van der Waals surface area contributed by atoms with E-state index in [0.29, 0.717) is 12.2 Å². The lowest BCUT2D eigenvalue weighted by molar-refractivity contribution is 0.0978. The number of unbranched alkanes of at least 4 members (excludes halogenated alkanes) is 13. The van der Waals surface area contributed by atoms with E-state index in [1.807, 2.05) is 26.8 Å². The van der Waals surface area contributed by atoms with Crippen molar-refractivity contribution in [1.82, 2.24) is 0 Å². The van der Waals surface area contributed by atoms with Crippen LogP contribution in [-0.4, -0.2) is 10.9 Å². The van der Waals surface area contributed by atoms with Crippen molar-refractivity contribution in [3.63, 3.8) is 0 Å². The van der Waals surface area contributed by atoms with Crippen LogP contribution < -0.4 is 0 Å². The topological polar surface area (TPSA) is 37.3 Å². The summed E-state index contributed by atoms with van der Waals surface area (Å²) in [6.45, 7) is 8.29. The average molecular weight is 403 g/mol. The number of hydrogen-bond donors (Lipinski definition) is 1. The van der Waals surface area contributed by atoms with Crippen LogP contribution >= 0.6 is 0 Å². The van der Waals surface area contributed by atoms with Crippen molar-refractivity contribution in [3.8, 4) is 5.75 Å². The number of phenols is 1. The molecule has 0 radical (unpaired) electrons. The zero-order chi connectivity index (χ0) is 21.5. The quantitative estimate of drug-likeness (QED) is 0.209. The van der Waals surface area contributed by atoms with Gasteiger partial charge in [0, 0.05) is 12.0 Å². The van der Waals surface area contributed by atoms with Gasteiger partial charge in [0.15, 0.2) is 5.78 Å². The van der Waals surface area contributed by atoms with Crippen LogP contribution in [0.1, 0.15) is 144 Å². The van der Waals surface area contributed by atoms with Crippen LogP contribution in [0.5, 0.6) is 5.75 Å². The number of carbonyl (C=O) groups is 1. The molecule has 1 rings (SSSR count).